The first-order valence-electron chi connectivity index (χ1n) is 16.2. The number of rotatable bonds is 7. The Labute approximate surface area is 243 Å². The second-order valence-electron chi connectivity index (χ2n) is 15.3. The molecule has 1 heterocycles. The summed E-state index contributed by atoms with van der Waals surface area (Å²) in [5, 5.41) is 12.3. The first-order valence-corrected chi connectivity index (χ1v) is 18.0. The minimum atomic E-state index is -0.694. The van der Waals surface area contributed by atoms with Gasteiger partial charge in [0.15, 0.2) is 0 Å². The summed E-state index contributed by atoms with van der Waals surface area (Å²) < 4.78 is 7.32. The van der Waals surface area contributed by atoms with Gasteiger partial charge in [0.25, 0.3) is 0 Å². The predicted octanol–water partition coefficient (Wildman–Crippen LogP) is 7.19. The van der Waals surface area contributed by atoms with Crippen LogP contribution >= 0.6 is 0 Å². The van der Waals surface area contributed by atoms with Gasteiger partial charge in [0.1, 0.15) is 0 Å². The van der Waals surface area contributed by atoms with Crippen molar-refractivity contribution < 1.29 is 14.6 Å². The second kappa shape index (κ2) is 10.5. The molecule has 39 heavy (non-hydrogen) atoms. The van der Waals surface area contributed by atoms with Crippen molar-refractivity contribution in [2.24, 2.45) is 52.3 Å². The van der Waals surface area contributed by atoms with E-state index in [1.807, 2.05) is 0 Å². The zero-order chi connectivity index (χ0) is 27.6. The molecular formula is C35H52O3Se. The van der Waals surface area contributed by atoms with Crippen molar-refractivity contribution in [1.29, 1.82) is 0 Å². The third-order valence-corrected chi connectivity index (χ3v) is 15.8. The van der Waals surface area contributed by atoms with Crippen LogP contribution in [0.3, 0.4) is 0 Å². The van der Waals surface area contributed by atoms with Crippen molar-refractivity contribution in [3.05, 3.63) is 30.3 Å². The fraction of sp³-hybridized carbons (Fsp3) is 0.800. The van der Waals surface area contributed by atoms with Crippen LogP contribution in [0.4, 0.5) is 0 Å². The average Bonchev–Trinajstić information content (AvgIpc) is 3.38. The summed E-state index contributed by atoms with van der Waals surface area (Å²) in [6.45, 7) is 12.4. The SMILES string of the molecule is CC(C)CCC[C@@H](C)[C@H]1CC[C@H]2[C@@H]3CC[C@@]4(O)C[C@H]5OC(=O)[C@H]([Se]c6ccccc6)[C@H]5C[C@]4(C)[C@H]3CC[C@]12C. The van der Waals surface area contributed by atoms with Crippen LogP contribution in [0, 0.1) is 52.3 Å². The maximum atomic E-state index is 13.2. The van der Waals surface area contributed by atoms with Gasteiger partial charge in [-0.25, -0.2) is 0 Å². The molecule has 1 aromatic carbocycles. The molecule has 5 fully saturated rings. The standard InChI is InChI=1S/C35H52O3Se/c1-22(2)10-9-11-23(3)27-14-15-28-25-16-19-35(37)21-30-26(20-34(35,5)29(25)17-18-33(27,28)4)31(32(36)38-30)39-24-12-7-6-8-13-24/h6-8,12-13,22-23,25-31,37H,9-11,14-21H2,1-5H3/t23-,25+,26+,27-,28+,29+,30-,31-,33-,34-,35-/m1/s1. The maximum absolute atomic E-state index is 13.2. The summed E-state index contributed by atoms with van der Waals surface area (Å²) >= 11 is 0.0766. The number of hydrogen-bond acceptors (Lipinski definition) is 3. The fourth-order valence-corrected chi connectivity index (χ4v) is 13.5. The van der Waals surface area contributed by atoms with Crippen molar-refractivity contribution in [1.82, 2.24) is 0 Å². The molecule has 1 N–H and O–H groups in total. The van der Waals surface area contributed by atoms with Gasteiger partial charge < -0.3 is 0 Å². The molecule has 5 aliphatic rings. The number of benzene rings is 1. The molecule has 0 aromatic heterocycles. The molecule has 4 heteroatoms. The van der Waals surface area contributed by atoms with Gasteiger partial charge in [-0.05, 0) is 5.92 Å². The number of aliphatic hydroxyl groups is 1. The summed E-state index contributed by atoms with van der Waals surface area (Å²) in [6, 6.07) is 10.6. The summed E-state index contributed by atoms with van der Waals surface area (Å²) in [4.78, 5) is 13.1. The van der Waals surface area contributed by atoms with E-state index in [1.165, 1.54) is 49.4 Å². The van der Waals surface area contributed by atoms with Crippen LogP contribution in [0.2, 0.25) is 4.82 Å². The van der Waals surface area contributed by atoms with Gasteiger partial charge in [0.05, 0.1) is 0 Å². The Bertz CT molecular complexity index is 1040. The fourth-order valence-electron chi connectivity index (χ4n) is 10.9. The molecule has 6 rings (SSSR count). The van der Waals surface area contributed by atoms with E-state index in [2.05, 4.69) is 65.0 Å². The van der Waals surface area contributed by atoms with Crippen LogP contribution in [0.15, 0.2) is 30.3 Å². The Balaban J connectivity index is 1.21. The number of ether oxygens (including phenoxy) is 1. The Morgan fingerprint density at radius 1 is 0.949 bits per heavy atom. The third kappa shape index (κ3) is 4.67. The number of carbonyl (C=O) groups is 1. The quantitative estimate of drug-likeness (QED) is 0.267. The summed E-state index contributed by atoms with van der Waals surface area (Å²) in [7, 11) is 0. The third-order valence-electron chi connectivity index (χ3n) is 13.0. The van der Waals surface area contributed by atoms with Crippen LogP contribution in [0.25, 0.3) is 0 Å². The molecule has 4 aliphatic carbocycles. The average molecular weight is 600 g/mol. The number of fused-ring (bicyclic) bond motifs is 6. The number of esters is 1. The first kappa shape index (κ1) is 28.3. The van der Waals surface area contributed by atoms with Crippen molar-refractivity contribution in [3.8, 4) is 0 Å². The van der Waals surface area contributed by atoms with Gasteiger partial charge in [-0.3, -0.25) is 0 Å². The summed E-state index contributed by atoms with van der Waals surface area (Å²) in [5.74, 6) is 4.86. The first-order chi connectivity index (χ1) is 18.6. The monoisotopic (exact) mass is 600 g/mol. The molecule has 3 nitrogen and oxygen atoms in total. The number of hydrogen-bond donors (Lipinski definition) is 1. The normalized spacial score (nSPS) is 45.7. The predicted molar refractivity (Wildman–Crippen MR) is 159 cm³/mol. The van der Waals surface area contributed by atoms with Crippen LogP contribution in [-0.4, -0.2) is 37.7 Å². The zero-order valence-electron chi connectivity index (χ0n) is 25.0. The van der Waals surface area contributed by atoms with Crippen molar-refractivity contribution in [2.75, 3.05) is 0 Å². The van der Waals surface area contributed by atoms with Crippen LogP contribution in [0.1, 0.15) is 105 Å². The van der Waals surface area contributed by atoms with E-state index in [4.69, 9.17) is 4.74 Å². The van der Waals surface area contributed by atoms with Gasteiger partial charge in [0, 0.05) is 0 Å². The zero-order valence-corrected chi connectivity index (χ0v) is 26.7. The molecule has 0 spiro atoms. The van der Waals surface area contributed by atoms with Crippen LogP contribution < -0.4 is 4.46 Å². The molecule has 1 aliphatic heterocycles. The Hall–Kier alpha value is -0.831. The van der Waals surface area contributed by atoms with Gasteiger partial charge in [-0.1, -0.05) is 20.3 Å². The van der Waals surface area contributed by atoms with Crippen LogP contribution in [-0.2, 0) is 9.53 Å². The van der Waals surface area contributed by atoms with Gasteiger partial charge in [-0.15, -0.1) is 0 Å². The molecule has 11 atom stereocenters. The van der Waals surface area contributed by atoms with Crippen molar-refractivity contribution in [3.63, 3.8) is 0 Å². The molecule has 0 unspecified atom stereocenters. The van der Waals surface area contributed by atoms with Gasteiger partial charge in [0.2, 0.25) is 0 Å². The van der Waals surface area contributed by atoms with E-state index in [-0.39, 0.29) is 43.2 Å². The van der Waals surface area contributed by atoms with E-state index in [0.29, 0.717) is 17.8 Å². The van der Waals surface area contributed by atoms with Crippen LogP contribution in [0.5, 0.6) is 0 Å². The molecule has 0 bridgehead atoms. The molecule has 0 amide bonds. The van der Waals surface area contributed by atoms with E-state index < -0.39 is 5.60 Å². The van der Waals surface area contributed by atoms with E-state index >= 15 is 0 Å². The molecule has 4 saturated carbocycles. The van der Waals surface area contributed by atoms with E-state index in [0.717, 1.165) is 48.9 Å². The van der Waals surface area contributed by atoms with E-state index in [9.17, 15) is 9.90 Å². The molecule has 0 radical (unpaired) electrons. The number of carbonyl (C=O) groups excluding carboxylic acids is 1. The summed E-state index contributed by atoms with van der Waals surface area (Å²) in [6.07, 6.45) is 13.1. The second-order valence-corrected chi connectivity index (χ2v) is 17.8. The van der Waals surface area contributed by atoms with Gasteiger partial charge >= 0.3 is 218 Å². The van der Waals surface area contributed by atoms with Crippen molar-refractivity contribution >= 4 is 25.4 Å². The Morgan fingerprint density at radius 3 is 2.46 bits per heavy atom. The molecular weight excluding hydrogens is 547 g/mol. The summed E-state index contributed by atoms with van der Waals surface area (Å²) in [5.41, 5.74) is -0.342. The Kier molecular flexibility index (Phi) is 7.59. The molecule has 1 saturated heterocycles. The molecule has 1 aromatic rings. The van der Waals surface area contributed by atoms with Crippen molar-refractivity contribution in [2.45, 2.75) is 122 Å². The Morgan fingerprint density at radius 2 is 1.72 bits per heavy atom. The van der Waals surface area contributed by atoms with E-state index in [1.54, 1.807) is 0 Å². The topological polar surface area (TPSA) is 46.5 Å². The minimum absolute atomic E-state index is 0.00226. The van der Waals surface area contributed by atoms with Gasteiger partial charge in [-0.2, -0.15) is 0 Å². The molecule has 216 valence electrons.